The zero-order valence-electron chi connectivity index (χ0n) is 20.0. The number of piperidine rings is 1. The molecule has 2 heterocycles. The molecule has 0 unspecified atom stereocenters. The van der Waals surface area contributed by atoms with Gasteiger partial charge in [0.2, 0.25) is 0 Å². The molecule has 2 aliphatic rings. The maximum Gasteiger partial charge on any atom is 0.257 e. The molecular formula is C28H38N2O3. The minimum Gasteiger partial charge on any atom is -0.491 e. The fourth-order valence-corrected chi connectivity index (χ4v) is 5.27. The summed E-state index contributed by atoms with van der Waals surface area (Å²) >= 11 is 0. The van der Waals surface area contributed by atoms with Crippen molar-refractivity contribution in [2.24, 2.45) is 0 Å². The van der Waals surface area contributed by atoms with Crippen LogP contribution in [0.1, 0.15) is 54.4 Å². The zero-order chi connectivity index (χ0) is 22.9. The number of para-hydroxylation sites is 1. The van der Waals surface area contributed by atoms with E-state index in [-0.39, 0.29) is 18.1 Å². The highest BCUT2D eigenvalue weighted by Gasteiger charge is 2.35. The molecule has 0 radical (unpaired) electrons. The summed E-state index contributed by atoms with van der Waals surface area (Å²) in [5.41, 5.74) is 2.07. The summed E-state index contributed by atoms with van der Waals surface area (Å²) in [6.45, 7) is 4.40. The third kappa shape index (κ3) is 6.36. The Morgan fingerprint density at radius 2 is 1.76 bits per heavy atom. The van der Waals surface area contributed by atoms with Gasteiger partial charge in [-0.05, 0) is 69.3 Å². The van der Waals surface area contributed by atoms with E-state index >= 15 is 0 Å². The van der Waals surface area contributed by atoms with Gasteiger partial charge in [0.15, 0.2) is 0 Å². The van der Waals surface area contributed by atoms with Crippen LogP contribution >= 0.6 is 0 Å². The van der Waals surface area contributed by atoms with Crippen molar-refractivity contribution in [2.45, 2.75) is 57.1 Å². The Morgan fingerprint density at radius 3 is 2.61 bits per heavy atom. The lowest BCUT2D eigenvalue weighted by Crippen LogP contribution is -2.51. The Balaban J connectivity index is 1.46. The predicted octanol–water partition coefficient (Wildman–Crippen LogP) is 4.80. The molecular weight excluding hydrogens is 412 g/mol. The second-order valence-electron chi connectivity index (χ2n) is 9.25. The van der Waals surface area contributed by atoms with Crippen LogP contribution in [0.25, 0.3) is 0 Å². The van der Waals surface area contributed by atoms with Gasteiger partial charge in [0, 0.05) is 20.2 Å². The number of fused-ring (bicyclic) bond motifs is 2. The Kier molecular flexibility index (Phi) is 8.79. The third-order valence-electron chi connectivity index (χ3n) is 7.07. The van der Waals surface area contributed by atoms with Gasteiger partial charge in [0.25, 0.3) is 5.91 Å². The second kappa shape index (κ2) is 12.2. The molecule has 2 aromatic rings. The molecule has 0 aromatic heterocycles. The first kappa shape index (κ1) is 23.8. The van der Waals surface area contributed by atoms with E-state index in [0.29, 0.717) is 17.9 Å². The van der Waals surface area contributed by atoms with Gasteiger partial charge in [-0.15, -0.1) is 0 Å². The minimum atomic E-state index is 0.0799. The molecule has 0 bridgehead atoms. The van der Waals surface area contributed by atoms with E-state index in [1.54, 1.807) is 7.11 Å². The molecule has 0 spiro atoms. The number of carbonyl (C=O) groups is 1. The van der Waals surface area contributed by atoms with E-state index in [4.69, 9.17) is 9.47 Å². The number of carbonyl (C=O) groups excluding carboxylic acids is 1. The highest BCUT2D eigenvalue weighted by Crippen LogP contribution is 2.29. The molecule has 2 aromatic carbocycles. The molecule has 0 N–H and O–H groups in total. The van der Waals surface area contributed by atoms with Crippen LogP contribution in [0.5, 0.6) is 5.75 Å². The van der Waals surface area contributed by atoms with Gasteiger partial charge < -0.3 is 14.4 Å². The number of methoxy groups -OCH3 is 1. The predicted molar refractivity (Wildman–Crippen MR) is 132 cm³/mol. The fourth-order valence-electron chi connectivity index (χ4n) is 5.27. The van der Waals surface area contributed by atoms with Crippen molar-refractivity contribution < 1.29 is 14.3 Å². The number of ether oxygens (including phenoxy) is 2. The van der Waals surface area contributed by atoms with Crippen molar-refractivity contribution >= 4 is 5.91 Å². The number of aryl methyl sites for hydroxylation is 1. The number of nitrogens with zero attached hydrogens (tertiary/aromatic N) is 2. The van der Waals surface area contributed by atoms with E-state index < -0.39 is 0 Å². The highest BCUT2D eigenvalue weighted by molar-refractivity contribution is 5.97. The topological polar surface area (TPSA) is 42.0 Å². The summed E-state index contributed by atoms with van der Waals surface area (Å²) in [6.07, 6.45) is 7.59. The summed E-state index contributed by atoms with van der Waals surface area (Å²) in [4.78, 5) is 18.1. The summed E-state index contributed by atoms with van der Waals surface area (Å²) in [7, 11) is 1.78. The molecule has 1 saturated heterocycles. The molecule has 5 heteroatoms. The summed E-state index contributed by atoms with van der Waals surface area (Å²) in [5.74, 6) is 0.778. The molecule has 0 saturated carbocycles. The molecule has 2 aliphatic heterocycles. The summed E-state index contributed by atoms with van der Waals surface area (Å²) in [6, 6.07) is 18.6. The van der Waals surface area contributed by atoms with Gasteiger partial charge in [0.05, 0.1) is 17.7 Å². The average Bonchev–Trinajstić information content (AvgIpc) is 2.87. The first-order valence-corrected chi connectivity index (χ1v) is 12.6. The van der Waals surface area contributed by atoms with Gasteiger partial charge in [-0.2, -0.15) is 0 Å². The van der Waals surface area contributed by atoms with E-state index in [9.17, 15) is 4.79 Å². The SMILES string of the molecule is CO[C@@H]1CCCN2C(=O)c3ccccc3OCCN(CCCc3ccccc3)CCCC[C@H]12. The Bertz CT molecular complexity index is 872. The highest BCUT2D eigenvalue weighted by atomic mass is 16.5. The summed E-state index contributed by atoms with van der Waals surface area (Å²) in [5, 5.41) is 0. The molecule has 1 fully saturated rings. The van der Waals surface area contributed by atoms with Crippen LogP contribution in [-0.2, 0) is 11.2 Å². The van der Waals surface area contributed by atoms with Gasteiger partial charge in [-0.3, -0.25) is 9.69 Å². The van der Waals surface area contributed by atoms with E-state index in [1.807, 2.05) is 24.3 Å². The lowest BCUT2D eigenvalue weighted by Gasteiger charge is -2.41. The second-order valence-corrected chi connectivity index (χ2v) is 9.25. The van der Waals surface area contributed by atoms with Crippen LogP contribution in [-0.4, -0.2) is 67.7 Å². The van der Waals surface area contributed by atoms with Crippen molar-refractivity contribution in [1.29, 1.82) is 0 Å². The van der Waals surface area contributed by atoms with Gasteiger partial charge in [0.1, 0.15) is 12.4 Å². The smallest absolute Gasteiger partial charge is 0.257 e. The number of hydrogen-bond acceptors (Lipinski definition) is 4. The molecule has 5 nitrogen and oxygen atoms in total. The number of amides is 1. The van der Waals surface area contributed by atoms with Crippen molar-refractivity contribution in [3.8, 4) is 5.75 Å². The molecule has 0 aliphatic carbocycles. The van der Waals surface area contributed by atoms with Crippen LogP contribution in [0.2, 0.25) is 0 Å². The van der Waals surface area contributed by atoms with Gasteiger partial charge in [-0.25, -0.2) is 0 Å². The quantitative estimate of drug-likeness (QED) is 0.656. The van der Waals surface area contributed by atoms with Crippen molar-refractivity contribution in [3.63, 3.8) is 0 Å². The van der Waals surface area contributed by atoms with Crippen LogP contribution in [0.4, 0.5) is 0 Å². The van der Waals surface area contributed by atoms with Crippen LogP contribution in [0.3, 0.4) is 0 Å². The summed E-state index contributed by atoms with van der Waals surface area (Å²) < 4.78 is 12.0. The van der Waals surface area contributed by atoms with Gasteiger partial charge in [-0.1, -0.05) is 48.9 Å². The number of hydrogen-bond donors (Lipinski definition) is 0. The van der Waals surface area contributed by atoms with Crippen LogP contribution < -0.4 is 4.74 Å². The van der Waals surface area contributed by atoms with Crippen molar-refractivity contribution in [1.82, 2.24) is 9.80 Å². The van der Waals surface area contributed by atoms with Gasteiger partial charge >= 0.3 is 0 Å². The maximum absolute atomic E-state index is 13.6. The number of rotatable bonds is 5. The third-order valence-corrected chi connectivity index (χ3v) is 7.07. The standard InChI is InChI=1S/C28H38N2O3/c1-32-27-17-10-20-30-25(27)15-7-8-18-29(19-9-13-23-11-3-2-4-12-23)21-22-33-26-16-6-5-14-24(26)28(30)31/h2-6,11-12,14,16,25,27H,7-10,13,15,17-22H2,1H3/t25-,27-/m1/s1. The first-order chi connectivity index (χ1) is 16.3. The molecule has 1 amide bonds. The number of benzene rings is 2. The maximum atomic E-state index is 13.6. The minimum absolute atomic E-state index is 0.0799. The average molecular weight is 451 g/mol. The fraction of sp³-hybridized carbons (Fsp3) is 0.536. The lowest BCUT2D eigenvalue weighted by atomic mass is 9.93. The lowest BCUT2D eigenvalue weighted by molar-refractivity contribution is -0.0155. The van der Waals surface area contributed by atoms with E-state index in [2.05, 4.69) is 40.1 Å². The normalized spacial score (nSPS) is 22.8. The monoisotopic (exact) mass is 450 g/mol. The molecule has 178 valence electrons. The zero-order valence-corrected chi connectivity index (χ0v) is 20.0. The first-order valence-electron chi connectivity index (χ1n) is 12.6. The molecule has 2 atom stereocenters. The largest absolute Gasteiger partial charge is 0.491 e. The van der Waals surface area contributed by atoms with Crippen LogP contribution in [0, 0.1) is 0 Å². The van der Waals surface area contributed by atoms with Crippen molar-refractivity contribution in [2.75, 3.05) is 39.9 Å². The van der Waals surface area contributed by atoms with E-state index in [1.165, 1.54) is 5.56 Å². The Hall–Kier alpha value is -2.37. The van der Waals surface area contributed by atoms with E-state index in [0.717, 1.165) is 71.1 Å². The molecule has 4 rings (SSSR count). The Morgan fingerprint density at radius 1 is 0.939 bits per heavy atom. The van der Waals surface area contributed by atoms with Crippen LogP contribution in [0.15, 0.2) is 54.6 Å². The Labute approximate surface area is 198 Å². The molecule has 33 heavy (non-hydrogen) atoms. The van der Waals surface area contributed by atoms with Crippen molar-refractivity contribution in [3.05, 3.63) is 65.7 Å².